The lowest BCUT2D eigenvalue weighted by atomic mass is 10.0. The zero-order chi connectivity index (χ0) is 40.3. The van der Waals surface area contributed by atoms with Crippen LogP contribution in [-0.4, -0.2) is 4.57 Å². The molecule has 3 nitrogen and oxygen atoms in total. The van der Waals surface area contributed by atoms with Gasteiger partial charge >= 0.3 is 0 Å². The van der Waals surface area contributed by atoms with Gasteiger partial charge in [0, 0.05) is 49.6 Å². The van der Waals surface area contributed by atoms with Crippen LogP contribution in [0, 0.1) is 0 Å². The molecular formula is C58H38N2O. The van der Waals surface area contributed by atoms with E-state index >= 15 is 0 Å². The average molecular weight is 779 g/mol. The highest BCUT2D eigenvalue weighted by Gasteiger charge is 2.18. The van der Waals surface area contributed by atoms with Gasteiger partial charge in [0.05, 0.1) is 16.7 Å². The second kappa shape index (κ2) is 14.3. The summed E-state index contributed by atoms with van der Waals surface area (Å²) in [6.45, 7) is 0. The normalized spacial score (nSPS) is 11.6. The van der Waals surface area contributed by atoms with E-state index in [4.69, 9.17) is 4.42 Å². The second-order valence-corrected chi connectivity index (χ2v) is 15.7. The van der Waals surface area contributed by atoms with Crippen LogP contribution in [0.4, 0.5) is 17.1 Å². The summed E-state index contributed by atoms with van der Waals surface area (Å²) in [6.07, 6.45) is 0. The molecule has 0 amide bonds. The number of para-hydroxylation sites is 3. The van der Waals surface area contributed by atoms with Crippen LogP contribution in [0.2, 0.25) is 0 Å². The Morgan fingerprint density at radius 2 is 0.820 bits per heavy atom. The standard InChI is InChI=1S/C58H38N2O/c1-2-12-39(13-3-1)40-22-30-45(31-23-40)59(46-32-24-41(25-33-46)44-29-36-52-53-37-28-42-14-4-5-16-49(42)58(53)61-57(52)38-44)47-34-26-43(27-35-47)48-15-6-9-19-54(48)60-55-20-10-7-17-50(55)51-18-8-11-21-56(51)60/h1-38H. The zero-order valence-corrected chi connectivity index (χ0v) is 33.2. The number of hydrogen-bond acceptors (Lipinski definition) is 2. The molecule has 0 aliphatic carbocycles. The number of hydrogen-bond donors (Lipinski definition) is 0. The van der Waals surface area contributed by atoms with E-state index < -0.39 is 0 Å². The summed E-state index contributed by atoms with van der Waals surface area (Å²) in [5, 5.41) is 7.11. The molecule has 0 fully saturated rings. The largest absolute Gasteiger partial charge is 0.455 e. The van der Waals surface area contributed by atoms with Gasteiger partial charge in [-0.05, 0) is 106 Å². The Balaban J connectivity index is 0.930. The van der Waals surface area contributed by atoms with Crippen molar-refractivity contribution < 1.29 is 4.42 Å². The zero-order valence-electron chi connectivity index (χ0n) is 33.2. The lowest BCUT2D eigenvalue weighted by Crippen LogP contribution is -2.09. The van der Waals surface area contributed by atoms with Gasteiger partial charge in [0.1, 0.15) is 11.2 Å². The maximum atomic E-state index is 6.55. The van der Waals surface area contributed by atoms with Crippen LogP contribution in [0.5, 0.6) is 0 Å². The number of aromatic nitrogens is 1. The van der Waals surface area contributed by atoms with E-state index in [1.165, 1.54) is 43.9 Å². The fourth-order valence-corrected chi connectivity index (χ4v) is 9.25. The van der Waals surface area contributed by atoms with E-state index in [0.29, 0.717) is 0 Å². The maximum Gasteiger partial charge on any atom is 0.143 e. The molecule has 0 unspecified atom stereocenters. The second-order valence-electron chi connectivity index (χ2n) is 15.7. The van der Waals surface area contributed by atoms with Crippen molar-refractivity contribution in [3.8, 4) is 39.1 Å². The Bertz CT molecular complexity index is 3510. The molecule has 0 saturated carbocycles. The highest BCUT2D eigenvalue weighted by atomic mass is 16.3. The van der Waals surface area contributed by atoms with Crippen molar-refractivity contribution in [1.82, 2.24) is 4.57 Å². The molecule has 0 radical (unpaired) electrons. The van der Waals surface area contributed by atoms with Crippen LogP contribution < -0.4 is 4.90 Å². The summed E-state index contributed by atoms with van der Waals surface area (Å²) in [7, 11) is 0. The minimum absolute atomic E-state index is 0.896. The van der Waals surface area contributed by atoms with Gasteiger partial charge in [0.15, 0.2) is 0 Å². The van der Waals surface area contributed by atoms with E-state index in [1.807, 2.05) is 0 Å². The van der Waals surface area contributed by atoms with Crippen LogP contribution >= 0.6 is 0 Å². The van der Waals surface area contributed by atoms with Crippen molar-refractivity contribution >= 4 is 71.6 Å². The Morgan fingerprint density at radius 3 is 1.49 bits per heavy atom. The minimum atomic E-state index is 0.896. The van der Waals surface area contributed by atoms with Crippen LogP contribution in [-0.2, 0) is 0 Å². The molecule has 0 aliphatic heterocycles. The van der Waals surface area contributed by atoms with Crippen molar-refractivity contribution in [1.29, 1.82) is 0 Å². The lowest BCUT2D eigenvalue weighted by Gasteiger charge is -2.26. The molecular weight excluding hydrogens is 741 g/mol. The van der Waals surface area contributed by atoms with Crippen molar-refractivity contribution in [3.63, 3.8) is 0 Å². The van der Waals surface area contributed by atoms with Crippen molar-refractivity contribution in [2.75, 3.05) is 4.90 Å². The minimum Gasteiger partial charge on any atom is -0.455 e. The molecule has 12 rings (SSSR count). The Morgan fingerprint density at radius 1 is 0.328 bits per heavy atom. The number of benzene rings is 10. The molecule has 10 aromatic carbocycles. The fraction of sp³-hybridized carbons (Fsp3) is 0. The Kier molecular flexibility index (Phi) is 8.17. The third-order valence-corrected chi connectivity index (χ3v) is 12.2. The molecule has 2 heterocycles. The number of rotatable bonds is 7. The van der Waals surface area contributed by atoms with Crippen LogP contribution in [0.3, 0.4) is 0 Å². The number of furan rings is 1. The van der Waals surface area contributed by atoms with Crippen molar-refractivity contribution in [2.24, 2.45) is 0 Å². The Labute approximate surface area is 353 Å². The first kappa shape index (κ1) is 34.9. The van der Waals surface area contributed by atoms with Crippen molar-refractivity contribution in [2.45, 2.75) is 0 Å². The lowest BCUT2D eigenvalue weighted by molar-refractivity contribution is 0.673. The van der Waals surface area contributed by atoms with Crippen LogP contribution in [0.15, 0.2) is 235 Å². The van der Waals surface area contributed by atoms with Gasteiger partial charge in [-0.3, -0.25) is 0 Å². The van der Waals surface area contributed by atoms with Crippen molar-refractivity contribution in [3.05, 3.63) is 231 Å². The quantitative estimate of drug-likeness (QED) is 0.161. The summed E-state index contributed by atoms with van der Waals surface area (Å²) in [6, 6.07) is 82.8. The highest BCUT2D eigenvalue weighted by Crippen LogP contribution is 2.41. The molecule has 61 heavy (non-hydrogen) atoms. The number of fused-ring (bicyclic) bond motifs is 8. The topological polar surface area (TPSA) is 21.3 Å². The van der Waals surface area contributed by atoms with Gasteiger partial charge < -0.3 is 13.9 Å². The molecule has 12 aromatic rings. The van der Waals surface area contributed by atoms with E-state index in [9.17, 15) is 0 Å². The number of anilines is 3. The summed E-state index contributed by atoms with van der Waals surface area (Å²) < 4.78 is 8.95. The Hall–Kier alpha value is -8.14. The predicted molar refractivity (Wildman–Crippen MR) is 257 cm³/mol. The number of nitrogens with zero attached hydrogens (tertiary/aromatic N) is 2. The summed E-state index contributed by atoms with van der Waals surface area (Å²) in [5.41, 5.74) is 15.6. The van der Waals surface area contributed by atoms with Gasteiger partial charge in [-0.1, -0.05) is 158 Å². The van der Waals surface area contributed by atoms with E-state index in [1.54, 1.807) is 0 Å². The molecule has 286 valence electrons. The van der Waals surface area contributed by atoms with Crippen LogP contribution in [0.1, 0.15) is 0 Å². The first-order chi connectivity index (χ1) is 30.2. The smallest absolute Gasteiger partial charge is 0.143 e. The van der Waals surface area contributed by atoms with Gasteiger partial charge in [0.2, 0.25) is 0 Å². The molecule has 0 N–H and O–H groups in total. The third-order valence-electron chi connectivity index (χ3n) is 12.2. The highest BCUT2D eigenvalue weighted by molar-refractivity contribution is 6.15. The van der Waals surface area contributed by atoms with Gasteiger partial charge in [-0.2, -0.15) is 0 Å². The monoisotopic (exact) mass is 778 g/mol. The van der Waals surface area contributed by atoms with E-state index in [0.717, 1.165) is 66.8 Å². The molecule has 2 aromatic heterocycles. The molecule has 0 aliphatic rings. The maximum absolute atomic E-state index is 6.55. The molecule has 0 spiro atoms. The average Bonchev–Trinajstić information content (AvgIpc) is 3.88. The molecule has 0 atom stereocenters. The van der Waals surface area contributed by atoms with E-state index in [-0.39, 0.29) is 0 Å². The molecule has 0 saturated heterocycles. The SMILES string of the molecule is c1ccc(-c2ccc(N(c3ccc(-c4ccc5c(c4)oc4c6ccccc6ccc54)cc3)c3ccc(-c4ccccc4-n4c5ccccc5c5ccccc54)cc3)cc2)cc1. The van der Waals surface area contributed by atoms with Crippen LogP contribution in [0.25, 0.3) is 93.6 Å². The predicted octanol–water partition coefficient (Wildman–Crippen LogP) is 16.3. The fourth-order valence-electron chi connectivity index (χ4n) is 9.25. The molecule has 0 bridgehead atoms. The van der Waals surface area contributed by atoms with Gasteiger partial charge in [0.25, 0.3) is 0 Å². The van der Waals surface area contributed by atoms with Gasteiger partial charge in [-0.25, -0.2) is 0 Å². The first-order valence-corrected chi connectivity index (χ1v) is 20.8. The molecule has 3 heteroatoms. The van der Waals surface area contributed by atoms with Gasteiger partial charge in [-0.15, -0.1) is 0 Å². The summed E-state index contributed by atoms with van der Waals surface area (Å²) in [5.74, 6) is 0. The van der Waals surface area contributed by atoms with E-state index in [2.05, 4.69) is 240 Å². The summed E-state index contributed by atoms with van der Waals surface area (Å²) >= 11 is 0. The first-order valence-electron chi connectivity index (χ1n) is 20.8. The third kappa shape index (κ3) is 5.90. The summed E-state index contributed by atoms with van der Waals surface area (Å²) in [4.78, 5) is 2.34.